The van der Waals surface area contributed by atoms with Crippen LogP contribution in [0.5, 0.6) is 0 Å². The van der Waals surface area contributed by atoms with Crippen molar-refractivity contribution in [2.75, 3.05) is 6.54 Å². The fraction of sp³-hybridized carbons (Fsp3) is 0.818. The quantitative estimate of drug-likeness (QED) is 0.671. The molecule has 0 aliphatic heterocycles. The van der Waals surface area contributed by atoms with E-state index in [1.807, 2.05) is 6.92 Å². The van der Waals surface area contributed by atoms with Gasteiger partial charge in [0.25, 0.3) is 0 Å². The van der Waals surface area contributed by atoms with Crippen molar-refractivity contribution in [3.8, 4) is 0 Å². The molecule has 0 heterocycles. The van der Waals surface area contributed by atoms with E-state index < -0.39 is 5.97 Å². The number of hydrogen-bond donors (Lipinski definition) is 2. The predicted octanol–water partition coefficient (Wildman–Crippen LogP) is 1.40. The van der Waals surface area contributed by atoms with Crippen LogP contribution in [0.15, 0.2) is 0 Å². The van der Waals surface area contributed by atoms with Gasteiger partial charge in [-0.2, -0.15) is 0 Å². The molecule has 0 bridgehead atoms. The summed E-state index contributed by atoms with van der Waals surface area (Å²) in [7, 11) is 0. The molecule has 1 aliphatic rings. The van der Waals surface area contributed by atoms with Crippen molar-refractivity contribution in [2.24, 2.45) is 11.8 Å². The number of rotatable bonds is 7. The molecular weight excluding hydrogens is 194 g/mol. The summed E-state index contributed by atoms with van der Waals surface area (Å²) in [5, 5.41) is 11.3. The Labute approximate surface area is 90.0 Å². The third kappa shape index (κ3) is 6.10. The van der Waals surface area contributed by atoms with Gasteiger partial charge in [0.2, 0.25) is 5.91 Å². The summed E-state index contributed by atoms with van der Waals surface area (Å²) in [6.45, 7) is 2.55. The van der Waals surface area contributed by atoms with Gasteiger partial charge in [0.15, 0.2) is 0 Å². The van der Waals surface area contributed by atoms with Crippen molar-refractivity contribution in [3.63, 3.8) is 0 Å². The minimum Gasteiger partial charge on any atom is -0.481 e. The summed E-state index contributed by atoms with van der Waals surface area (Å²) in [6, 6.07) is 0. The average Bonchev–Trinajstić information content (AvgIpc) is 2.95. The van der Waals surface area contributed by atoms with Crippen molar-refractivity contribution in [3.05, 3.63) is 0 Å². The first-order valence-corrected chi connectivity index (χ1v) is 5.56. The highest BCUT2D eigenvalue weighted by Gasteiger charge is 2.24. The number of aliphatic carboxylic acids is 1. The first-order chi connectivity index (χ1) is 7.08. The minimum atomic E-state index is -0.772. The number of amides is 1. The van der Waals surface area contributed by atoms with Gasteiger partial charge in [-0.3, -0.25) is 9.59 Å². The lowest BCUT2D eigenvalue weighted by Gasteiger charge is -2.11. The molecule has 4 heteroatoms. The molecule has 0 radical (unpaired) electrons. The van der Waals surface area contributed by atoms with Gasteiger partial charge in [-0.15, -0.1) is 0 Å². The number of nitrogens with one attached hydrogen (secondary N) is 1. The van der Waals surface area contributed by atoms with Crippen LogP contribution in [-0.4, -0.2) is 23.5 Å². The molecule has 0 aromatic heterocycles. The maximum absolute atomic E-state index is 11.3. The number of carbonyl (C=O) groups is 2. The van der Waals surface area contributed by atoms with Gasteiger partial charge in [0, 0.05) is 19.4 Å². The first kappa shape index (κ1) is 12.0. The fourth-order valence-corrected chi connectivity index (χ4v) is 1.42. The highest BCUT2D eigenvalue weighted by Crippen LogP contribution is 2.32. The van der Waals surface area contributed by atoms with E-state index in [1.54, 1.807) is 0 Å². The van der Waals surface area contributed by atoms with Gasteiger partial charge >= 0.3 is 5.97 Å². The van der Waals surface area contributed by atoms with Crippen molar-refractivity contribution in [1.29, 1.82) is 0 Å². The maximum atomic E-state index is 11.3. The summed E-state index contributed by atoms with van der Waals surface area (Å²) in [4.78, 5) is 21.6. The summed E-state index contributed by atoms with van der Waals surface area (Å²) in [5.41, 5.74) is 0. The van der Waals surface area contributed by atoms with Crippen LogP contribution in [0.3, 0.4) is 0 Å². The lowest BCUT2D eigenvalue weighted by Crippen LogP contribution is -2.28. The van der Waals surface area contributed by atoms with Crippen LogP contribution in [0.4, 0.5) is 0 Å². The maximum Gasteiger partial charge on any atom is 0.303 e. The number of hydrogen-bond acceptors (Lipinski definition) is 2. The van der Waals surface area contributed by atoms with E-state index in [0.717, 1.165) is 0 Å². The molecule has 0 spiro atoms. The molecule has 1 aliphatic carbocycles. The van der Waals surface area contributed by atoms with Crippen LogP contribution >= 0.6 is 0 Å². The molecule has 1 saturated carbocycles. The van der Waals surface area contributed by atoms with Gasteiger partial charge in [-0.25, -0.2) is 0 Å². The Morgan fingerprint density at radius 3 is 2.67 bits per heavy atom. The molecule has 2 N–H and O–H groups in total. The van der Waals surface area contributed by atoms with Crippen molar-refractivity contribution >= 4 is 11.9 Å². The van der Waals surface area contributed by atoms with Crippen LogP contribution in [0, 0.1) is 11.8 Å². The molecule has 15 heavy (non-hydrogen) atoms. The summed E-state index contributed by atoms with van der Waals surface area (Å²) in [5.74, 6) is 0.189. The average molecular weight is 213 g/mol. The standard InChI is InChI=1S/C11H19NO3/c1-8(2-5-11(14)15)7-12-10(13)6-9-3-4-9/h8-9H,2-7H2,1H3,(H,12,13)(H,14,15). The van der Waals surface area contributed by atoms with E-state index in [9.17, 15) is 9.59 Å². The Kier molecular flexibility index (Phi) is 4.59. The molecular formula is C11H19NO3. The van der Waals surface area contributed by atoms with Gasteiger partial charge in [-0.05, 0) is 31.1 Å². The molecule has 1 amide bonds. The summed E-state index contributed by atoms with van der Waals surface area (Å²) < 4.78 is 0. The van der Waals surface area contributed by atoms with Gasteiger partial charge in [-0.1, -0.05) is 6.92 Å². The molecule has 4 nitrogen and oxygen atoms in total. The van der Waals surface area contributed by atoms with E-state index in [1.165, 1.54) is 12.8 Å². The lowest BCUT2D eigenvalue weighted by atomic mass is 10.1. The number of carboxylic acids is 1. The van der Waals surface area contributed by atoms with Gasteiger partial charge in [0.05, 0.1) is 0 Å². The minimum absolute atomic E-state index is 0.111. The molecule has 1 fully saturated rings. The van der Waals surface area contributed by atoms with Crippen LogP contribution in [0.25, 0.3) is 0 Å². The van der Waals surface area contributed by atoms with Gasteiger partial charge < -0.3 is 10.4 Å². The number of carboxylic acid groups (broad SMARTS) is 1. The highest BCUT2D eigenvalue weighted by molar-refractivity contribution is 5.76. The second kappa shape index (κ2) is 5.73. The normalized spacial score (nSPS) is 17.1. The summed E-state index contributed by atoms with van der Waals surface area (Å²) >= 11 is 0. The van der Waals surface area contributed by atoms with E-state index in [0.29, 0.717) is 25.3 Å². The Morgan fingerprint density at radius 2 is 2.13 bits per heavy atom. The highest BCUT2D eigenvalue weighted by atomic mass is 16.4. The van der Waals surface area contributed by atoms with Crippen molar-refractivity contribution in [2.45, 2.75) is 39.0 Å². The smallest absolute Gasteiger partial charge is 0.303 e. The third-order valence-corrected chi connectivity index (χ3v) is 2.67. The Hall–Kier alpha value is -1.06. The zero-order valence-corrected chi connectivity index (χ0v) is 9.16. The zero-order chi connectivity index (χ0) is 11.3. The molecule has 0 aromatic rings. The summed E-state index contributed by atoms with van der Waals surface area (Å²) in [6.07, 6.45) is 3.81. The first-order valence-electron chi connectivity index (χ1n) is 5.56. The molecule has 1 rings (SSSR count). The second-order valence-electron chi connectivity index (χ2n) is 4.49. The van der Waals surface area contributed by atoms with E-state index >= 15 is 0 Å². The number of carbonyl (C=O) groups excluding carboxylic acids is 1. The molecule has 86 valence electrons. The zero-order valence-electron chi connectivity index (χ0n) is 9.16. The molecule has 1 unspecified atom stereocenters. The fourth-order valence-electron chi connectivity index (χ4n) is 1.42. The predicted molar refractivity (Wildman–Crippen MR) is 56.4 cm³/mol. The third-order valence-electron chi connectivity index (χ3n) is 2.67. The van der Waals surface area contributed by atoms with E-state index in [-0.39, 0.29) is 18.2 Å². The van der Waals surface area contributed by atoms with E-state index in [2.05, 4.69) is 5.32 Å². The van der Waals surface area contributed by atoms with Crippen LogP contribution in [0.2, 0.25) is 0 Å². The SMILES string of the molecule is CC(CCC(=O)O)CNC(=O)CC1CC1. The molecule has 0 saturated heterocycles. The Bertz CT molecular complexity index is 236. The van der Waals surface area contributed by atoms with Gasteiger partial charge in [0.1, 0.15) is 0 Å². The van der Waals surface area contributed by atoms with Crippen molar-refractivity contribution < 1.29 is 14.7 Å². The van der Waals surface area contributed by atoms with Crippen LogP contribution in [0.1, 0.15) is 39.0 Å². The molecule has 0 aromatic carbocycles. The van der Waals surface area contributed by atoms with Crippen molar-refractivity contribution in [1.82, 2.24) is 5.32 Å². The lowest BCUT2D eigenvalue weighted by molar-refractivity contribution is -0.137. The van der Waals surface area contributed by atoms with Crippen LogP contribution in [-0.2, 0) is 9.59 Å². The molecule has 1 atom stereocenters. The van der Waals surface area contributed by atoms with E-state index in [4.69, 9.17) is 5.11 Å². The Balaban J connectivity index is 2.01. The topological polar surface area (TPSA) is 66.4 Å². The Morgan fingerprint density at radius 1 is 1.47 bits per heavy atom. The van der Waals surface area contributed by atoms with Crippen LogP contribution < -0.4 is 5.32 Å². The largest absolute Gasteiger partial charge is 0.481 e. The second-order valence-corrected chi connectivity index (χ2v) is 4.49. The monoisotopic (exact) mass is 213 g/mol.